The van der Waals surface area contributed by atoms with E-state index in [9.17, 15) is 4.79 Å². The Kier molecular flexibility index (Phi) is 2.41. The number of nitrogens with one attached hydrogen (secondary N) is 1. The number of nitrogens with two attached hydrogens (primary N) is 2. The standard InChI is InChI=1S/C6H11N5O/c1-11-3-4(2-9-11)5(7)6(12)10-8/h2-3,5H,7-8H2,1H3,(H,10,12). The highest BCUT2D eigenvalue weighted by molar-refractivity contribution is 5.82. The van der Waals surface area contributed by atoms with Crippen LogP contribution in [0.5, 0.6) is 0 Å². The van der Waals surface area contributed by atoms with Gasteiger partial charge in [0, 0.05) is 18.8 Å². The molecule has 6 nitrogen and oxygen atoms in total. The monoisotopic (exact) mass is 169 g/mol. The fourth-order valence-corrected chi connectivity index (χ4v) is 0.842. The first-order valence-corrected chi connectivity index (χ1v) is 3.39. The van der Waals surface area contributed by atoms with Gasteiger partial charge in [-0.15, -0.1) is 0 Å². The van der Waals surface area contributed by atoms with Crippen LogP contribution in [0.2, 0.25) is 0 Å². The number of hydrazine groups is 1. The molecule has 0 aliphatic carbocycles. The average Bonchev–Trinajstić information content (AvgIpc) is 2.49. The first-order chi connectivity index (χ1) is 5.65. The second-order valence-electron chi connectivity index (χ2n) is 2.43. The highest BCUT2D eigenvalue weighted by atomic mass is 16.2. The molecule has 0 aromatic carbocycles. The molecule has 12 heavy (non-hydrogen) atoms. The maximum atomic E-state index is 10.9. The molecular weight excluding hydrogens is 158 g/mol. The van der Waals surface area contributed by atoms with Crippen molar-refractivity contribution in [2.45, 2.75) is 6.04 Å². The van der Waals surface area contributed by atoms with Gasteiger partial charge in [0.2, 0.25) is 0 Å². The van der Waals surface area contributed by atoms with Gasteiger partial charge in [0.15, 0.2) is 0 Å². The van der Waals surface area contributed by atoms with Crippen LogP contribution in [0, 0.1) is 0 Å². The third kappa shape index (κ3) is 1.60. The number of nitrogens with zero attached hydrogens (tertiary/aromatic N) is 2. The molecule has 1 aromatic rings. The molecule has 1 amide bonds. The number of aryl methyl sites for hydroxylation is 1. The molecule has 0 saturated carbocycles. The Labute approximate surface area is 69.5 Å². The Morgan fingerprint density at radius 3 is 2.92 bits per heavy atom. The van der Waals surface area contributed by atoms with Gasteiger partial charge in [0.05, 0.1) is 6.20 Å². The summed E-state index contributed by atoms with van der Waals surface area (Å²) in [7, 11) is 1.75. The van der Waals surface area contributed by atoms with Gasteiger partial charge in [-0.1, -0.05) is 0 Å². The lowest BCUT2D eigenvalue weighted by atomic mass is 10.2. The lowest BCUT2D eigenvalue weighted by Crippen LogP contribution is -2.38. The fraction of sp³-hybridized carbons (Fsp3) is 0.333. The van der Waals surface area contributed by atoms with Crippen LogP contribution in [0.25, 0.3) is 0 Å². The lowest BCUT2D eigenvalue weighted by Gasteiger charge is -2.05. The van der Waals surface area contributed by atoms with Gasteiger partial charge < -0.3 is 5.73 Å². The predicted octanol–water partition coefficient (Wildman–Crippen LogP) is -1.59. The minimum Gasteiger partial charge on any atom is -0.316 e. The van der Waals surface area contributed by atoms with E-state index in [1.807, 2.05) is 5.43 Å². The van der Waals surface area contributed by atoms with Gasteiger partial charge in [-0.05, 0) is 0 Å². The zero-order chi connectivity index (χ0) is 9.14. The maximum Gasteiger partial charge on any atom is 0.255 e. The van der Waals surface area contributed by atoms with E-state index in [2.05, 4.69) is 5.10 Å². The van der Waals surface area contributed by atoms with Crippen molar-refractivity contribution in [2.24, 2.45) is 18.6 Å². The quantitative estimate of drug-likeness (QED) is 0.282. The first kappa shape index (κ1) is 8.69. The van der Waals surface area contributed by atoms with E-state index in [-0.39, 0.29) is 0 Å². The molecule has 0 radical (unpaired) electrons. The molecule has 0 saturated heterocycles. The minimum atomic E-state index is -0.747. The minimum absolute atomic E-state index is 0.428. The van der Waals surface area contributed by atoms with Crippen LogP contribution in [0.1, 0.15) is 11.6 Å². The summed E-state index contributed by atoms with van der Waals surface area (Å²) in [5.41, 5.74) is 8.13. The molecule has 1 rings (SSSR count). The van der Waals surface area contributed by atoms with Gasteiger partial charge in [-0.25, -0.2) is 5.84 Å². The molecule has 66 valence electrons. The van der Waals surface area contributed by atoms with Crippen molar-refractivity contribution in [3.8, 4) is 0 Å². The largest absolute Gasteiger partial charge is 0.316 e. The molecule has 0 bridgehead atoms. The van der Waals surface area contributed by atoms with Crippen LogP contribution in [-0.2, 0) is 11.8 Å². The van der Waals surface area contributed by atoms with Crippen LogP contribution in [-0.4, -0.2) is 15.7 Å². The topological polar surface area (TPSA) is 99.0 Å². The van der Waals surface area contributed by atoms with E-state index in [1.54, 1.807) is 17.9 Å². The van der Waals surface area contributed by atoms with Gasteiger partial charge in [0.1, 0.15) is 6.04 Å². The van der Waals surface area contributed by atoms with E-state index in [0.29, 0.717) is 5.56 Å². The number of rotatable bonds is 2. The highest BCUT2D eigenvalue weighted by Crippen LogP contribution is 2.07. The van der Waals surface area contributed by atoms with Gasteiger partial charge in [-0.2, -0.15) is 5.10 Å². The molecule has 1 heterocycles. The zero-order valence-electron chi connectivity index (χ0n) is 6.69. The molecule has 6 heteroatoms. The summed E-state index contributed by atoms with van der Waals surface area (Å²) < 4.78 is 1.57. The van der Waals surface area contributed by atoms with E-state index < -0.39 is 11.9 Å². The number of aromatic nitrogens is 2. The van der Waals surface area contributed by atoms with Crippen molar-refractivity contribution >= 4 is 5.91 Å². The average molecular weight is 169 g/mol. The third-order valence-electron chi connectivity index (χ3n) is 1.51. The zero-order valence-corrected chi connectivity index (χ0v) is 6.69. The number of carbonyl (C=O) groups excluding carboxylic acids is 1. The Balaban J connectivity index is 2.77. The van der Waals surface area contributed by atoms with Crippen molar-refractivity contribution in [1.82, 2.24) is 15.2 Å². The Bertz CT molecular complexity index is 281. The predicted molar refractivity (Wildman–Crippen MR) is 42.5 cm³/mol. The van der Waals surface area contributed by atoms with Crippen LogP contribution in [0.4, 0.5) is 0 Å². The van der Waals surface area contributed by atoms with Gasteiger partial charge in [0.25, 0.3) is 5.91 Å². The summed E-state index contributed by atoms with van der Waals surface area (Å²) in [6.07, 6.45) is 3.19. The fourth-order valence-electron chi connectivity index (χ4n) is 0.842. The van der Waals surface area contributed by atoms with E-state index in [0.717, 1.165) is 0 Å². The normalized spacial score (nSPS) is 12.6. The summed E-state index contributed by atoms with van der Waals surface area (Å²) in [6, 6.07) is -0.747. The highest BCUT2D eigenvalue weighted by Gasteiger charge is 2.15. The summed E-state index contributed by atoms with van der Waals surface area (Å²) in [4.78, 5) is 10.9. The molecule has 1 atom stereocenters. The molecule has 0 aliphatic heterocycles. The number of carbonyl (C=O) groups is 1. The van der Waals surface area contributed by atoms with Crippen LogP contribution in [0.3, 0.4) is 0 Å². The summed E-state index contributed by atoms with van der Waals surface area (Å²) in [6.45, 7) is 0. The second-order valence-corrected chi connectivity index (χ2v) is 2.43. The lowest BCUT2D eigenvalue weighted by molar-refractivity contribution is -0.122. The smallest absolute Gasteiger partial charge is 0.255 e. The first-order valence-electron chi connectivity index (χ1n) is 3.39. The third-order valence-corrected chi connectivity index (χ3v) is 1.51. The van der Waals surface area contributed by atoms with Crippen molar-refractivity contribution in [1.29, 1.82) is 0 Å². The number of hydrogen-bond acceptors (Lipinski definition) is 4. The van der Waals surface area contributed by atoms with Crippen molar-refractivity contribution in [3.05, 3.63) is 18.0 Å². The summed E-state index contributed by atoms with van der Waals surface area (Å²) in [5, 5.41) is 3.87. The molecule has 0 spiro atoms. The molecule has 0 fully saturated rings. The second kappa shape index (κ2) is 3.33. The SMILES string of the molecule is Cn1cc(C(N)C(=O)NN)cn1. The van der Waals surface area contributed by atoms with E-state index in [1.165, 1.54) is 6.20 Å². The maximum absolute atomic E-state index is 10.9. The molecule has 5 N–H and O–H groups in total. The Morgan fingerprint density at radius 1 is 1.83 bits per heavy atom. The van der Waals surface area contributed by atoms with Crippen LogP contribution < -0.4 is 17.0 Å². The van der Waals surface area contributed by atoms with Crippen LogP contribution >= 0.6 is 0 Å². The Hall–Kier alpha value is -1.40. The van der Waals surface area contributed by atoms with Gasteiger partial charge >= 0.3 is 0 Å². The van der Waals surface area contributed by atoms with E-state index in [4.69, 9.17) is 11.6 Å². The van der Waals surface area contributed by atoms with Crippen molar-refractivity contribution in [3.63, 3.8) is 0 Å². The van der Waals surface area contributed by atoms with Gasteiger partial charge in [-0.3, -0.25) is 14.9 Å². The van der Waals surface area contributed by atoms with Crippen molar-refractivity contribution in [2.75, 3.05) is 0 Å². The number of amides is 1. The number of hydrogen-bond donors (Lipinski definition) is 3. The van der Waals surface area contributed by atoms with Crippen molar-refractivity contribution < 1.29 is 4.79 Å². The summed E-state index contributed by atoms with van der Waals surface area (Å²) >= 11 is 0. The molecule has 0 aliphatic rings. The van der Waals surface area contributed by atoms with Crippen LogP contribution in [0.15, 0.2) is 12.4 Å². The summed E-state index contributed by atoms with van der Waals surface area (Å²) in [5.74, 6) is 4.48. The molecule has 1 unspecified atom stereocenters. The molecular formula is C6H11N5O. The van der Waals surface area contributed by atoms with E-state index >= 15 is 0 Å². The molecule has 1 aromatic heterocycles. The Morgan fingerprint density at radius 2 is 2.50 bits per heavy atom.